The SMILES string of the molecule is CCCCN1C(=O)c2ccccc2C(C(=O)O)C1c1ccc2cc1OCO2. The number of hydrogen-bond donors (Lipinski definition) is 1. The van der Waals surface area contributed by atoms with Crippen LogP contribution < -0.4 is 9.47 Å². The van der Waals surface area contributed by atoms with Gasteiger partial charge in [0.15, 0.2) is 0 Å². The fourth-order valence-corrected chi connectivity index (χ4v) is 3.91. The Morgan fingerprint density at radius 3 is 2.78 bits per heavy atom. The molecule has 140 valence electrons. The average molecular weight is 367 g/mol. The monoisotopic (exact) mass is 367 g/mol. The summed E-state index contributed by atoms with van der Waals surface area (Å²) in [5.41, 5.74) is 1.72. The van der Waals surface area contributed by atoms with E-state index < -0.39 is 17.9 Å². The second-order valence-electron chi connectivity index (χ2n) is 6.81. The minimum Gasteiger partial charge on any atom is -0.481 e. The highest BCUT2D eigenvalue weighted by Gasteiger charge is 2.45. The van der Waals surface area contributed by atoms with E-state index in [9.17, 15) is 14.7 Å². The van der Waals surface area contributed by atoms with Gasteiger partial charge >= 0.3 is 5.97 Å². The van der Waals surface area contributed by atoms with Gasteiger partial charge in [0, 0.05) is 23.7 Å². The third-order valence-corrected chi connectivity index (χ3v) is 5.20. The van der Waals surface area contributed by atoms with Crippen molar-refractivity contribution in [1.82, 2.24) is 4.90 Å². The van der Waals surface area contributed by atoms with Gasteiger partial charge in [-0.25, -0.2) is 0 Å². The lowest BCUT2D eigenvalue weighted by Gasteiger charge is -2.41. The summed E-state index contributed by atoms with van der Waals surface area (Å²) in [6, 6.07) is 11.7. The average Bonchev–Trinajstić information content (AvgIpc) is 2.67. The van der Waals surface area contributed by atoms with Gasteiger partial charge < -0.3 is 19.5 Å². The van der Waals surface area contributed by atoms with Crippen LogP contribution in [0.25, 0.3) is 0 Å². The molecule has 0 fully saturated rings. The molecule has 2 bridgehead atoms. The fraction of sp³-hybridized carbons (Fsp3) is 0.333. The molecule has 0 spiro atoms. The Hall–Kier alpha value is -3.02. The number of aliphatic carboxylic acids is 1. The minimum atomic E-state index is -0.954. The predicted octanol–water partition coefficient (Wildman–Crippen LogP) is 3.58. The zero-order chi connectivity index (χ0) is 19.0. The number of rotatable bonds is 5. The van der Waals surface area contributed by atoms with Gasteiger partial charge in [0.05, 0.1) is 6.04 Å². The molecule has 2 aliphatic rings. The van der Waals surface area contributed by atoms with Crippen LogP contribution in [0.5, 0.6) is 11.5 Å². The standard InChI is InChI=1S/C21H21NO5/c1-2-3-10-22-19(16-9-8-13-11-17(16)27-12-26-13)18(21(24)25)14-6-4-5-7-15(14)20(22)23/h4-9,11,18-19H,2-3,10,12H2,1H3,(H,24,25). The van der Waals surface area contributed by atoms with Crippen LogP contribution in [0.4, 0.5) is 0 Å². The number of carbonyl (C=O) groups excluding carboxylic acids is 1. The lowest BCUT2D eigenvalue weighted by Crippen LogP contribution is -2.45. The molecule has 27 heavy (non-hydrogen) atoms. The number of ether oxygens (including phenoxy) is 2. The quantitative estimate of drug-likeness (QED) is 0.874. The van der Waals surface area contributed by atoms with Crippen molar-refractivity contribution in [2.45, 2.75) is 31.7 Å². The Kier molecular flexibility index (Phi) is 4.48. The van der Waals surface area contributed by atoms with E-state index in [0.29, 0.717) is 34.7 Å². The number of carboxylic acids is 1. The molecule has 0 radical (unpaired) electrons. The summed E-state index contributed by atoms with van der Waals surface area (Å²) in [6.07, 6.45) is 1.71. The maximum atomic E-state index is 13.2. The van der Waals surface area contributed by atoms with Crippen LogP contribution in [-0.4, -0.2) is 35.2 Å². The smallest absolute Gasteiger partial charge is 0.313 e. The van der Waals surface area contributed by atoms with E-state index in [1.807, 2.05) is 13.0 Å². The summed E-state index contributed by atoms with van der Waals surface area (Å²) in [4.78, 5) is 27.2. The van der Waals surface area contributed by atoms with E-state index >= 15 is 0 Å². The molecule has 0 saturated heterocycles. The second kappa shape index (κ2) is 6.95. The maximum Gasteiger partial charge on any atom is 0.313 e. The summed E-state index contributed by atoms with van der Waals surface area (Å²) < 4.78 is 11.0. The van der Waals surface area contributed by atoms with Crippen molar-refractivity contribution in [3.63, 3.8) is 0 Å². The number of carboxylic acid groups (broad SMARTS) is 1. The Labute approximate surface area is 157 Å². The van der Waals surface area contributed by atoms with Crippen LogP contribution in [0.3, 0.4) is 0 Å². The Bertz CT molecular complexity index is 894. The molecule has 0 aliphatic carbocycles. The summed E-state index contributed by atoms with van der Waals surface area (Å²) >= 11 is 0. The summed E-state index contributed by atoms with van der Waals surface area (Å²) in [6.45, 7) is 2.62. The number of hydrogen-bond acceptors (Lipinski definition) is 4. The van der Waals surface area contributed by atoms with Crippen molar-refractivity contribution in [1.29, 1.82) is 0 Å². The number of amides is 1. The number of fused-ring (bicyclic) bond motifs is 3. The molecule has 2 aliphatic heterocycles. The van der Waals surface area contributed by atoms with Gasteiger partial charge in [-0.2, -0.15) is 0 Å². The zero-order valence-electron chi connectivity index (χ0n) is 15.1. The van der Waals surface area contributed by atoms with E-state index in [2.05, 4.69) is 0 Å². The number of carbonyl (C=O) groups is 2. The molecule has 1 N–H and O–H groups in total. The molecule has 6 heteroatoms. The molecule has 0 saturated carbocycles. The lowest BCUT2D eigenvalue weighted by atomic mass is 9.79. The molecule has 2 aromatic carbocycles. The van der Waals surface area contributed by atoms with Gasteiger partial charge in [0.2, 0.25) is 6.79 Å². The van der Waals surface area contributed by atoms with Crippen LogP contribution in [0.15, 0.2) is 42.5 Å². The third-order valence-electron chi connectivity index (χ3n) is 5.20. The Balaban J connectivity index is 1.89. The van der Waals surface area contributed by atoms with Crippen LogP contribution in [0.1, 0.15) is 53.2 Å². The molecule has 0 aromatic heterocycles. The van der Waals surface area contributed by atoms with E-state index in [-0.39, 0.29) is 12.7 Å². The topological polar surface area (TPSA) is 76.1 Å². The van der Waals surface area contributed by atoms with Crippen molar-refractivity contribution < 1.29 is 24.2 Å². The number of benzene rings is 2. The molecule has 6 nitrogen and oxygen atoms in total. The molecular formula is C21H21NO5. The van der Waals surface area contributed by atoms with Crippen molar-refractivity contribution in [3.8, 4) is 11.5 Å². The molecular weight excluding hydrogens is 346 g/mol. The summed E-state index contributed by atoms with van der Waals surface area (Å²) in [5.74, 6) is -0.697. The summed E-state index contributed by atoms with van der Waals surface area (Å²) in [5, 5.41) is 10.1. The zero-order valence-corrected chi connectivity index (χ0v) is 15.1. The van der Waals surface area contributed by atoms with Crippen molar-refractivity contribution >= 4 is 11.9 Å². The molecule has 2 atom stereocenters. The maximum absolute atomic E-state index is 13.2. The predicted molar refractivity (Wildman–Crippen MR) is 98.1 cm³/mol. The molecule has 2 heterocycles. The highest BCUT2D eigenvalue weighted by atomic mass is 16.7. The van der Waals surface area contributed by atoms with Crippen LogP contribution in [0.2, 0.25) is 0 Å². The molecule has 2 aromatic rings. The fourth-order valence-electron chi connectivity index (χ4n) is 3.91. The highest BCUT2D eigenvalue weighted by molar-refractivity contribution is 6.00. The second-order valence-corrected chi connectivity index (χ2v) is 6.81. The molecule has 4 rings (SSSR count). The Morgan fingerprint density at radius 2 is 2.00 bits per heavy atom. The van der Waals surface area contributed by atoms with Gasteiger partial charge in [-0.15, -0.1) is 0 Å². The summed E-state index contributed by atoms with van der Waals surface area (Å²) in [7, 11) is 0. The number of nitrogens with zero attached hydrogens (tertiary/aromatic N) is 1. The largest absolute Gasteiger partial charge is 0.481 e. The van der Waals surface area contributed by atoms with E-state index in [1.54, 1.807) is 41.3 Å². The van der Waals surface area contributed by atoms with E-state index in [1.165, 1.54) is 0 Å². The minimum absolute atomic E-state index is 0.0823. The van der Waals surface area contributed by atoms with Crippen molar-refractivity contribution in [2.75, 3.05) is 13.3 Å². The van der Waals surface area contributed by atoms with Gasteiger partial charge in [-0.3, -0.25) is 9.59 Å². The first-order valence-corrected chi connectivity index (χ1v) is 9.14. The van der Waals surface area contributed by atoms with Crippen molar-refractivity contribution in [2.24, 2.45) is 0 Å². The molecule has 2 unspecified atom stereocenters. The van der Waals surface area contributed by atoms with Crippen LogP contribution in [0, 0.1) is 0 Å². The highest BCUT2D eigenvalue weighted by Crippen LogP contribution is 2.46. The van der Waals surface area contributed by atoms with Gasteiger partial charge in [0.25, 0.3) is 5.91 Å². The van der Waals surface area contributed by atoms with Crippen LogP contribution >= 0.6 is 0 Å². The van der Waals surface area contributed by atoms with E-state index in [4.69, 9.17) is 9.47 Å². The van der Waals surface area contributed by atoms with Crippen molar-refractivity contribution in [3.05, 3.63) is 59.2 Å². The van der Waals surface area contributed by atoms with Crippen LogP contribution in [-0.2, 0) is 4.79 Å². The normalized spacial score (nSPS) is 20.5. The molecule has 1 amide bonds. The van der Waals surface area contributed by atoms with E-state index in [0.717, 1.165) is 12.8 Å². The number of unbranched alkanes of at least 4 members (excludes halogenated alkanes) is 1. The third kappa shape index (κ3) is 2.91. The van der Waals surface area contributed by atoms with Gasteiger partial charge in [0.1, 0.15) is 17.4 Å². The Morgan fingerprint density at radius 1 is 1.19 bits per heavy atom. The first-order valence-electron chi connectivity index (χ1n) is 9.14. The van der Waals surface area contributed by atoms with Gasteiger partial charge in [-0.05, 0) is 30.2 Å². The lowest BCUT2D eigenvalue weighted by molar-refractivity contribution is -0.140. The first-order chi connectivity index (χ1) is 13.1. The van der Waals surface area contributed by atoms with Gasteiger partial charge in [-0.1, -0.05) is 31.5 Å². The first kappa shape index (κ1) is 17.4.